The summed E-state index contributed by atoms with van der Waals surface area (Å²) in [5, 5.41) is 7.36. The number of benzene rings is 2. The molecule has 2 heterocycles. The Kier molecular flexibility index (Phi) is 3.15. The Labute approximate surface area is 150 Å². The van der Waals surface area contributed by atoms with Crippen LogP contribution in [0.4, 0.5) is 5.69 Å². The fourth-order valence-corrected chi connectivity index (χ4v) is 3.68. The van der Waals surface area contributed by atoms with Gasteiger partial charge in [-0.2, -0.15) is 5.10 Å². The normalized spacial score (nSPS) is 12.0. The molecule has 0 bridgehead atoms. The number of hydrogen-bond donors (Lipinski definition) is 1. The van der Waals surface area contributed by atoms with E-state index < -0.39 is 0 Å². The number of rotatable bonds is 2. The summed E-state index contributed by atoms with van der Waals surface area (Å²) in [7, 11) is 0. The highest BCUT2D eigenvalue weighted by Gasteiger charge is 2.21. The molecule has 4 aromatic rings. The molecule has 5 heteroatoms. The standard InChI is InChI=1S/C21H16N4O/c1-13-19(20-22-9-4-10-25(20)24-13)21(26)23-16-7-8-18-15(12-16)11-14-5-2-3-6-17(14)18/h2-10,12H,11H2,1H3,(H,23,26). The first-order chi connectivity index (χ1) is 12.7. The zero-order valence-electron chi connectivity index (χ0n) is 14.2. The molecule has 0 atom stereocenters. The monoisotopic (exact) mass is 340 g/mol. The van der Waals surface area contributed by atoms with Crippen molar-refractivity contribution < 1.29 is 4.79 Å². The first-order valence-corrected chi connectivity index (χ1v) is 8.53. The third-order valence-electron chi connectivity index (χ3n) is 4.85. The molecular weight excluding hydrogens is 324 g/mol. The van der Waals surface area contributed by atoms with Crippen LogP contribution in [0, 0.1) is 6.92 Å². The van der Waals surface area contributed by atoms with Crippen molar-refractivity contribution in [3.8, 4) is 11.1 Å². The highest BCUT2D eigenvalue weighted by Crippen LogP contribution is 2.37. The van der Waals surface area contributed by atoms with Crippen molar-refractivity contribution in [2.45, 2.75) is 13.3 Å². The van der Waals surface area contributed by atoms with Crippen LogP contribution in [0.25, 0.3) is 16.8 Å². The van der Waals surface area contributed by atoms with E-state index >= 15 is 0 Å². The van der Waals surface area contributed by atoms with Crippen LogP contribution in [0.2, 0.25) is 0 Å². The molecule has 1 aliphatic carbocycles. The van der Waals surface area contributed by atoms with Crippen LogP contribution in [-0.4, -0.2) is 20.5 Å². The summed E-state index contributed by atoms with van der Waals surface area (Å²) >= 11 is 0. The Morgan fingerprint density at radius 1 is 1.08 bits per heavy atom. The van der Waals surface area contributed by atoms with E-state index in [2.05, 4.69) is 51.8 Å². The third-order valence-corrected chi connectivity index (χ3v) is 4.85. The molecule has 1 aliphatic rings. The van der Waals surface area contributed by atoms with Gasteiger partial charge in [-0.25, -0.2) is 9.50 Å². The van der Waals surface area contributed by atoms with Gasteiger partial charge in [-0.1, -0.05) is 30.3 Å². The van der Waals surface area contributed by atoms with Crippen molar-refractivity contribution in [1.29, 1.82) is 0 Å². The van der Waals surface area contributed by atoms with Crippen molar-refractivity contribution >= 4 is 17.2 Å². The number of aryl methyl sites for hydroxylation is 1. The number of amides is 1. The summed E-state index contributed by atoms with van der Waals surface area (Å²) in [4.78, 5) is 17.1. The minimum absolute atomic E-state index is 0.188. The Hall–Kier alpha value is -3.47. The number of carbonyl (C=O) groups excluding carboxylic acids is 1. The summed E-state index contributed by atoms with van der Waals surface area (Å²) in [5.74, 6) is -0.188. The van der Waals surface area contributed by atoms with E-state index in [0.717, 1.165) is 12.1 Å². The molecule has 2 aromatic heterocycles. The molecule has 5 nitrogen and oxygen atoms in total. The Morgan fingerprint density at radius 3 is 2.85 bits per heavy atom. The predicted molar refractivity (Wildman–Crippen MR) is 100 cm³/mol. The van der Waals surface area contributed by atoms with Crippen molar-refractivity contribution in [3.05, 3.63) is 83.3 Å². The second kappa shape index (κ2) is 5.52. The number of aromatic nitrogens is 3. The van der Waals surface area contributed by atoms with E-state index in [1.165, 1.54) is 22.3 Å². The number of carbonyl (C=O) groups is 1. The molecule has 0 spiro atoms. The number of hydrogen-bond acceptors (Lipinski definition) is 3. The quantitative estimate of drug-likeness (QED) is 0.531. The fourth-order valence-electron chi connectivity index (χ4n) is 3.68. The molecule has 0 radical (unpaired) electrons. The van der Waals surface area contributed by atoms with E-state index in [9.17, 15) is 4.79 Å². The molecule has 0 aliphatic heterocycles. The van der Waals surface area contributed by atoms with Gasteiger partial charge in [0, 0.05) is 18.1 Å². The van der Waals surface area contributed by atoms with Crippen molar-refractivity contribution in [2.24, 2.45) is 0 Å². The SMILES string of the molecule is Cc1nn2cccnc2c1C(=O)Nc1ccc2c(c1)Cc1ccccc1-2. The van der Waals surface area contributed by atoms with E-state index in [0.29, 0.717) is 16.9 Å². The number of anilines is 1. The van der Waals surface area contributed by atoms with Gasteiger partial charge in [0.25, 0.3) is 5.91 Å². The van der Waals surface area contributed by atoms with E-state index in [1.54, 1.807) is 23.0 Å². The van der Waals surface area contributed by atoms with Crippen LogP contribution in [0.15, 0.2) is 60.9 Å². The lowest BCUT2D eigenvalue weighted by molar-refractivity contribution is 0.102. The largest absolute Gasteiger partial charge is 0.322 e. The third kappa shape index (κ3) is 2.21. The zero-order valence-corrected chi connectivity index (χ0v) is 14.2. The zero-order chi connectivity index (χ0) is 17.7. The summed E-state index contributed by atoms with van der Waals surface area (Å²) in [6.45, 7) is 1.82. The number of nitrogens with one attached hydrogen (secondary N) is 1. The van der Waals surface area contributed by atoms with Gasteiger partial charge in [0.1, 0.15) is 5.56 Å². The molecule has 126 valence electrons. The van der Waals surface area contributed by atoms with Crippen molar-refractivity contribution in [2.75, 3.05) is 5.32 Å². The maximum Gasteiger partial charge on any atom is 0.261 e. The van der Waals surface area contributed by atoms with E-state index in [1.807, 2.05) is 13.0 Å². The fraction of sp³-hybridized carbons (Fsp3) is 0.0952. The molecule has 1 N–H and O–H groups in total. The van der Waals surface area contributed by atoms with Gasteiger partial charge in [0.15, 0.2) is 5.65 Å². The lowest BCUT2D eigenvalue weighted by Gasteiger charge is -2.07. The van der Waals surface area contributed by atoms with Gasteiger partial charge in [-0.15, -0.1) is 0 Å². The van der Waals surface area contributed by atoms with Crippen LogP contribution >= 0.6 is 0 Å². The summed E-state index contributed by atoms with van der Waals surface area (Å²) in [6, 6.07) is 16.3. The molecule has 0 saturated carbocycles. The summed E-state index contributed by atoms with van der Waals surface area (Å²) < 4.78 is 1.63. The van der Waals surface area contributed by atoms with Crippen LogP contribution in [0.1, 0.15) is 27.2 Å². The minimum Gasteiger partial charge on any atom is -0.322 e. The number of fused-ring (bicyclic) bond motifs is 4. The van der Waals surface area contributed by atoms with Crippen LogP contribution in [-0.2, 0) is 6.42 Å². The molecule has 2 aromatic carbocycles. The predicted octanol–water partition coefficient (Wildman–Crippen LogP) is 3.86. The Bertz CT molecular complexity index is 1180. The maximum absolute atomic E-state index is 12.8. The van der Waals surface area contributed by atoms with Gasteiger partial charge in [0.05, 0.1) is 5.69 Å². The Morgan fingerprint density at radius 2 is 1.92 bits per heavy atom. The second-order valence-electron chi connectivity index (χ2n) is 6.51. The van der Waals surface area contributed by atoms with Gasteiger partial charge >= 0.3 is 0 Å². The lowest BCUT2D eigenvalue weighted by Crippen LogP contribution is -2.13. The summed E-state index contributed by atoms with van der Waals surface area (Å²) in [6.07, 6.45) is 4.35. The molecule has 0 fully saturated rings. The number of nitrogens with zero attached hydrogens (tertiary/aromatic N) is 3. The highest BCUT2D eigenvalue weighted by atomic mass is 16.1. The first kappa shape index (κ1) is 14.8. The van der Waals surface area contributed by atoms with Gasteiger partial charge in [0.2, 0.25) is 0 Å². The maximum atomic E-state index is 12.8. The van der Waals surface area contributed by atoms with Crippen molar-refractivity contribution in [1.82, 2.24) is 14.6 Å². The van der Waals surface area contributed by atoms with Gasteiger partial charge in [-0.3, -0.25) is 4.79 Å². The molecule has 0 saturated heterocycles. The first-order valence-electron chi connectivity index (χ1n) is 8.53. The summed E-state index contributed by atoms with van der Waals surface area (Å²) in [5.41, 5.74) is 7.61. The van der Waals surface area contributed by atoms with E-state index in [-0.39, 0.29) is 5.91 Å². The Balaban J connectivity index is 1.48. The molecule has 26 heavy (non-hydrogen) atoms. The van der Waals surface area contributed by atoms with Crippen LogP contribution < -0.4 is 5.32 Å². The smallest absolute Gasteiger partial charge is 0.261 e. The minimum atomic E-state index is -0.188. The molecular formula is C21H16N4O. The van der Waals surface area contributed by atoms with Gasteiger partial charge < -0.3 is 5.32 Å². The second-order valence-corrected chi connectivity index (χ2v) is 6.51. The average Bonchev–Trinajstić information content (AvgIpc) is 3.17. The molecule has 5 rings (SSSR count). The van der Waals surface area contributed by atoms with Crippen molar-refractivity contribution in [3.63, 3.8) is 0 Å². The lowest BCUT2D eigenvalue weighted by atomic mass is 10.1. The van der Waals surface area contributed by atoms with E-state index in [4.69, 9.17) is 0 Å². The molecule has 0 unspecified atom stereocenters. The molecule has 1 amide bonds. The van der Waals surface area contributed by atoms with Crippen LogP contribution in [0.3, 0.4) is 0 Å². The van der Waals surface area contributed by atoms with Gasteiger partial charge in [-0.05, 0) is 53.8 Å². The topological polar surface area (TPSA) is 59.3 Å². The highest BCUT2D eigenvalue weighted by molar-refractivity contribution is 6.09. The average molecular weight is 340 g/mol. The van der Waals surface area contributed by atoms with Crippen LogP contribution in [0.5, 0.6) is 0 Å².